The number of hydrogen-bond acceptors (Lipinski definition) is 3. The van der Waals surface area contributed by atoms with Gasteiger partial charge in [-0.3, -0.25) is 9.69 Å². The molecule has 4 rings (SSSR count). The molecule has 0 aromatic carbocycles. The lowest BCUT2D eigenvalue weighted by atomic mass is 9.87. The molecule has 5 heteroatoms. The maximum atomic E-state index is 12.9. The summed E-state index contributed by atoms with van der Waals surface area (Å²) in [4.78, 5) is 21.9. The zero-order valence-corrected chi connectivity index (χ0v) is 12.5. The van der Waals surface area contributed by atoms with Crippen LogP contribution in [0.1, 0.15) is 36.6 Å². The molecule has 1 aromatic rings. The lowest BCUT2D eigenvalue weighted by Gasteiger charge is -2.42. The van der Waals surface area contributed by atoms with E-state index in [2.05, 4.69) is 22.0 Å². The Bertz CT molecular complexity index is 579. The number of aryl methyl sites for hydroxylation is 1. The molecule has 0 bridgehead atoms. The number of hydrogen-bond donors (Lipinski definition) is 0. The zero-order chi connectivity index (χ0) is 14.4. The van der Waals surface area contributed by atoms with Crippen LogP contribution in [0.25, 0.3) is 0 Å². The molecule has 5 nitrogen and oxygen atoms in total. The fraction of sp³-hybridized carbons (Fsp3) is 0.625. The standard InChI is InChI=1S/C16H22N4O/c1-18-11-17-14-10-20(12-5-4-6-12)9-13(15(14)18)16(21)19-7-2-3-8-19/h2-3,11-13H,4-10H2,1H3. The molecule has 1 amide bonds. The molecule has 1 fully saturated rings. The number of carbonyl (C=O) groups excluding carboxylic acids is 1. The first-order chi connectivity index (χ1) is 10.2. The van der Waals surface area contributed by atoms with E-state index in [0.29, 0.717) is 6.04 Å². The minimum absolute atomic E-state index is 0.0539. The lowest BCUT2D eigenvalue weighted by molar-refractivity contribution is -0.132. The molecule has 0 radical (unpaired) electrons. The van der Waals surface area contributed by atoms with Gasteiger partial charge in [0.1, 0.15) is 0 Å². The van der Waals surface area contributed by atoms with E-state index >= 15 is 0 Å². The Kier molecular flexibility index (Phi) is 3.10. The van der Waals surface area contributed by atoms with E-state index in [1.54, 1.807) is 0 Å². The largest absolute Gasteiger partial charge is 0.337 e. The van der Waals surface area contributed by atoms with Crippen molar-refractivity contribution in [2.24, 2.45) is 7.05 Å². The fourth-order valence-corrected chi connectivity index (χ4v) is 3.74. The van der Waals surface area contributed by atoms with Crippen molar-refractivity contribution in [2.45, 2.75) is 37.8 Å². The summed E-state index contributed by atoms with van der Waals surface area (Å²) >= 11 is 0. The van der Waals surface area contributed by atoms with Gasteiger partial charge in [-0.25, -0.2) is 4.98 Å². The third kappa shape index (κ3) is 2.11. The molecule has 3 heterocycles. The van der Waals surface area contributed by atoms with Gasteiger partial charge in [-0.05, 0) is 12.8 Å². The molecule has 21 heavy (non-hydrogen) atoms. The van der Waals surface area contributed by atoms with Gasteiger partial charge in [-0.1, -0.05) is 18.6 Å². The summed E-state index contributed by atoms with van der Waals surface area (Å²) in [5, 5.41) is 0. The first-order valence-corrected chi connectivity index (χ1v) is 7.92. The van der Waals surface area contributed by atoms with Crippen LogP contribution in [0.2, 0.25) is 0 Å². The van der Waals surface area contributed by atoms with Crippen molar-refractivity contribution in [1.29, 1.82) is 0 Å². The van der Waals surface area contributed by atoms with Crippen LogP contribution in [0, 0.1) is 0 Å². The second-order valence-corrected chi connectivity index (χ2v) is 6.47. The normalized spacial score (nSPS) is 26.0. The van der Waals surface area contributed by atoms with Gasteiger partial charge in [-0.15, -0.1) is 0 Å². The van der Waals surface area contributed by atoms with E-state index in [-0.39, 0.29) is 11.8 Å². The predicted octanol–water partition coefficient (Wildman–Crippen LogP) is 1.27. The SMILES string of the molecule is Cn1cnc2c1C(C(=O)N1CC=CC1)CN(C1CCC1)C2. The maximum absolute atomic E-state index is 12.9. The number of imidazole rings is 1. The van der Waals surface area contributed by atoms with Gasteiger partial charge in [0.15, 0.2) is 0 Å². The van der Waals surface area contributed by atoms with Crippen LogP contribution in [0.5, 0.6) is 0 Å². The quantitative estimate of drug-likeness (QED) is 0.769. The van der Waals surface area contributed by atoms with Crippen molar-refractivity contribution in [2.75, 3.05) is 19.6 Å². The highest BCUT2D eigenvalue weighted by Gasteiger charge is 2.39. The first kappa shape index (κ1) is 13.1. The van der Waals surface area contributed by atoms with Gasteiger partial charge in [-0.2, -0.15) is 0 Å². The summed E-state index contributed by atoms with van der Waals surface area (Å²) in [6.07, 6.45) is 9.88. The predicted molar refractivity (Wildman–Crippen MR) is 79.7 cm³/mol. The number of fused-ring (bicyclic) bond motifs is 1. The Morgan fingerprint density at radius 1 is 1.29 bits per heavy atom. The maximum Gasteiger partial charge on any atom is 0.233 e. The second kappa shape index (κ2) is 4.98. The average molecular weight is 286 g/mol. The third-order valence-corrected chi connectivity index (χ3v) is 5.18. The van der Waals surface area contributed by atoms with Crippen LogP contribution in [0.15, 0.2) is 18.5 Å². The second-order valence-electron chi connectivity index (χ2n) is 6.47. The van der Waals surface area contributed by atoms with Crippen molar-refractivity contribution in [3.63, 3.8) is 0 Å². The van der Waals surface area contributed by atoms with Crippen LogP contribution < -0.4 is 0 Å². The van der Waals surface area contributed by atoms with E-state index in [4.69, 9.17) is 0 Å². The summed E-state index contributed by atoms with van der Waals surface area (Å²) in [6.45, 7) is 3.27. The average Bonchev–Trinajstić information content (AvgIpc) is 3.06. The lowest BCUT2D eigenvalue weighted by Crippen LogP contribution is -2.48. The van der Waals surface area contributed by atoms with Gasteiger partial charge in [0.25, 0.3) is 0 Å². The summed E-state index contributed by atoms with van der Waals surface area (Å²) in [5.74, 6) is 0.204. The monoisotopic (exact) mass is 286 g/mol. The highest BCUT2D eigenvalue weighted by atomic mass is 16.2. The molecule has 1 atom stereocenters. The van der Waals surface area contributed by atoms with Crippen molar-refractivity contribution in [3.05, 3.63) is 29.9 Å². The zero-order valence-electron chi connectivity index (χ0n) is 12.5. The molecule has 2 aliphatic heterocycles. The molecule has 3 aliphatic rings. The molecule has 1 aromatic heterocycles. The number of nitrogens with zero attached hydrogens (tertiary/aromatic N) is 4. The van der Waals surface area contributed by atoms with E-state index in [0.717, 1.165) is 37.6 Å². The molecule has 0 spiro atoms. The van der Waals surface area contributed by atoms with Crippen LogP contribution in [0.4, 0.5) is 0 Å². The molecule has 1 unspecified atom stereocenters. The van der Waals surface area contributed by atoms with Gasteiger partial charge < -0.3 is 9.47 Å². The molecular formula is C16H22N4O. The fourth-order valence-electron chi connectivity index (χ4n) is 3.74. The molecule has 1 saturated carbocycles. The number of rotatable bonds is 2. The summed E-state index contributed by atoms with van der Waals surface area (Å²) in [6, 6.07) is 0.659. The number of carbonyl (C=O) groups is 1. The minimum atomic E-state index is -0.0539. The molecule has 0 saturated heterocycles. The van der Waals surface area contributed by atoms with E-state index < -0.39 is 0 Å². The van der Waals surface area contributed by atoms with Gasteiger partial charge >= 0.3 is 0 Å². The third-order valence-electron chi connectivity index (χ3n) is 5.18. The Morgan fingerprint density at radius 3 is 2.71 bits per heavy atom. The van der Waals surface area contributed by atoms with Crippen molar-refractivity contribution >= 4 is 5.91 Å². The van der Waals surface area contributed by atoms with Crippen molar-refractivity contribution in [1.82, 2.24) is 19.4 Å². The van der Waals surface area contributed by atoms with E-state index in [1.807, 2.05) is 22.8 Å². The van der Waals surface area contributed by atoms with Gasteiger partial charge in [0.2, 0.25) is 5.91 Å². The highest BCUT2D eigenvalue weighted by Crippen LogP contribution is 2.35. The summed E-state index contributed by atoms with van der Waals surface area (Å²) in [7, 11) is 2.01. The van der Waals surface area contributed by atoms with Gasteiger partial charge in [0, 0.05) is 39.3 Å². The summed E-state index contributed by atoms with van der Waals surface area (Å²) in [5.41, 5.74) is 2.23. The van der Waals surface area contributed by atoms with Gasteiger partial charge in [0.05, 0.1) is 23.6 Å². The molecule has 112 valence electrons. The van der Waals surface area contributed by atoms with Crippen LogP contribution in [-0.4, -0.2) is 50.9 Å². The molecule has 0 N–H and O–H groups in total. The first-order valence-electron chi connectivity index (χ1n) is 7.92. The van der Waals surface area contributed by atoms with Crippen LogP contribution >= 0.6 is 0 Å². The van der Waals surface area contributed by atoms with E-state index in [1.165, 1.54) is 19.3 Å². The number of amides is 1. The summed E-state index contributed by atoms with van der Waals surface area (Å²) < 4.78 is 2.04. The Hall–Kier alpha value is -1.62. The Morgan fingerprint density at radius 2 is 2.05 bits per heavy atom. The minimum Gasteiger partial charge on any atom is -0.337 e. The topological polar surface area (TPSA) is 41.4 Å². The van der Waals surface area contributed by atoms with Crippen molar-refractivity contribution < 1.29 is 4.79 Å². The van der Waals surface area contributed by atoms with Crippen LogP contribution in [-0.2, 0) is 18.4 Å². The Balaban J connectivity index is 1.63. The smallest absolute Gasteiger partial charge is 0.233 e. The van der Waals surface area contributed by atoms with Crippen LogP contribution in [0.3, 0.4) is 0 Å². The molecule has 1 aliphatic carbocycles. The number of aromatic nitrogens is 2. The van der Waals surface area contributed by atoms with E-state index in [9.17, 15) is 4.79 Å². The Labute approximate surface area is 125 Å². The highest BCUT2D eigenvalue weighted by molar-refractivity contribution is 5.84. The molecular weight excluding hydrogens is 264 g/mol. The van der Waals surface area contributed by atoms with Crippen molar-refractivity contribution in [3.8, 4) is 0 Å².